The van der Waals surface area contributed by atoms with Crippen molar-refractivity contribution in [2.24, 2.45) is 0 Å². The first-order valence-electron chi connectivity index (χ1n) is 3.88. The van der Waals surface area contributed by atoms with Crippen LogP contribution in [0.1, 0.15) is 10.4 Å². The molecule has 0 radical (unpaired) electrons. The van der Waals surface area contributed by atoms with Crippen LogP contribution in [0.15, 0.2) is 24.3 Å². The Morgan fingerprint density at radius 3 is 2.31 bits per heavy atom. The second-order valence-corrected chi connectivity index (χ2v) is 4.20. The highest BCUT2D eigenvalue weighted by molar-refractivity contribution is 7.85. The maximum atomic E-state index is 10.6. The molecular weight excluding hydrogens is 238 g/mol. The largest absolute Gasteiger partial charge is 0.399 e. The highest BCUT2D eigenvalue weighted by atomic mass is 32.2. The first-order chi connectivity index (χ1) is 7.24. The molecule has 1 aromatic carbocycles. The molecule has 90 valence electrons. The molecule has 0 heterocycles. The van der Waals surface area contributed by atoms with Crippen LogP contribution in [0.4, 0.5) is 5.69 Å². The lowest BCUT2D eigenvalue weighted by atomic mass is 10.2. The van der Waals surface area contributed by atoms with Crippen molar-refractivity contribution >= 4 is 21.8 Å². The Morgan fingerprint density at radius 1 is 1.44 bits per heavy atom. The van der Waals surface area contributed by atoms with Crippen molar-refractivity contribution in [2.75, 3.05) is 12.0 Å². The molecule has 4 N–H and O–H groups in total. The molecular formula is C8H11NO6S. The van der Waals surface area contributed by atoms with Crippen LogP contribution in [0.5, 0.6) is 0 Å². The second-order valence-electron chi connectivity index (χ2n) is 2.74. The van der Waals surface area contributed by atoms with E-state index in [0.717, 1.165) is 0 Å². The van der Waals surface area contributed by atoms with Crippen LogP contribution < -0.4 is 5.73 Å². The minimum absolute atomic E-state index is 0.229. The summed E-state index contributed by atoms with van der Waals surface area (Å²) in [6.45, 7) is 0. The Morgan fingerprint density at radius 2 is 1.94 bits per heavy atom. The normalized spacial score (nSPS) is 9.94. The van der Waals surface area contributed by atoms with Gasteiger partial charge in [-0.05, 0) is 18.2 Å². The molecule has 0 atom stereocenters. The SMILES string of the molecule is CS(=O)(=O)O.Nc1cccc(C(=O)OO)c1. The quantitative estimate of drug-likeness (QED) is 0.284. The smallest absolute Gasteiger partial charge is 0.372 e. The van der Waals surface area contributed by atoms with Gasteiger partial charge >= 0.3 is 5.97 Å². The molecule has 0 unspecified atom stereocenters. The number of benzene rings is 1. The van der Waals surface area contributed by atoms with Crippen LogP contribution in [0.25, 0.3) is 0 Å². The van der Waals surface area contributed by atoms with E-state index in [1.54, 1.807) is 12.1 Å². The lowest BCUT2D eigenvalue weighted by Crippen LogP contribution is -2.01. The zero-order chi connectivity index (χ0) is 12.8. The number of hydrogen-bond acceptors (Lipinski definition) is 6. The summed E-state index contributed by atoms with van der Waals surface area (Å²) < 4.78 is 25.9. The van der Waals surface area contributed by atoms with Gasteiger partial charge in [0.25, 0.3) is 10.1 Å². The molecule has 1 rings (SSSR count). The lowest BCUT2D eigenvalue weighted by Gasteiger charge is -1.96. The topological polar surface area (TPSA) is 127 Å². The molecule has 0 aliphatic heterocycles. The number of carbonyl (C=O) groups is 1. The van der Waals surface area contributed by atoms with Gasteiger partial charge in [0.1, 0.15) is 0 Å². The van der Waals surface area contributed by atoms with Gasteiger partial charge in [-0.2, -0.15) is 13.7 Å². The Bertz CT molecular complexity index is 447. The average molecular weight is 249 g/mol. The number of nitrogen functional groups attached to an aromatic ring is 1. The van der Waals surface area contributed by atoms with Crippen LogP contribution in [0, 0.1) is 0 Å². The van der Waals surface area contributed by atoms with Gasteiger partial charge in [-0.1, -0.05) is 6.07 Å². The van der Waals surface area contributed by atoms with E-state index in [1.807, 2.05) is 0 Å². The summed E-state index contributed by atoms with van der Waals surface area (Å²) >= 11 is 0. The molecule has 0 aliphatic carbocycles. The maximum Gasteiger partial charge on any atom is 0.372 e. The molecule has 0 fully saturated rings. The first-order valence-corrected chi connectivity index (χ1v) is 5.72. The summed E-state index contributed by atoms with van der Waals surface area (Å²) in [6.07, 6.45) is 0.715. The third-order valence-electron chi connectivity index (χ3n) is 1.21. The standard InChI is InChI=1S/C7H7NO3.CH4O3S/c8-6-3-1-2-5(4-6)7(9)11-10;1-5(2,3)4/h1-4,10H,8H2;1H3,(H,2,3,4). The van der Waals surface area contributed by atoms with Gasteiger partial charge in [-0.15, -0.1) is 0 Å². The van der Waals surface area contributed by atoms with Gasteiger partial charge in [-0.3, -0.25) is 9.44 Å². The molecule has 0 amide bonds. The molecule has 0 spiro atoms. The van der Waals surface area contributed by atoms with Crippen molar-refractivity contribution in [3.63, 3.8) is 0 Å². The summed E-state index contributed by atoms with van der Waals surface area (Å²) in [5.74, 6) is -0.808. The van der Waals surface area contributed by atoms with Crippen molar-refractivity contribution in [1.82, 2.24) is 0 Å². The van der Waals surface area contributed by atoms with Gasteiger partial charge in [0.15, 0.2) is 0 Å². The van der Waals surface area contributed by atoms with E-state index < -0.39 is 16.1 Å². The van der Waals surface area contributed by atoms with E-state index >= 15 is 0 Å². The molecule has 0 saturated carbocycles. The Labute approximate surface area is 92.1 Å². The number of hydrogen-bond donors (Lipinski definition) is 3. The molecule has 1 aromatic rings. The van der Waals surface area contributed by atoms with Crippen LogP contribution in [0.2, 0.25) is 0 Å². The average Bonchev–Trinajstić information content (AvgIpc) is 2.14. The predicted octanol–water partition coefficient (Wildman–Crippen LogP) is 0.403. The molecule has 0 aromatic heterocycles. The van der Waals surface area contributed by atoms with Crippen molar-refractivity contribution < 1.29 is 27.9 Å². The van der Waals surface area contributed by atoms with Gasteiger partial charge in [-0.25, -0.2) is 4.79 Å². The zero-order valence-corrected chi connectivity index (χ0v) is 9.14. The predicted molar refractivity (Wildman–Crippen MR) is 56.4 cm³/mol. The summed E-state index contributed by atoms with van der Waals surface area (Å²) in [6, 6.07) is 6.14. The van der Waals surface area contributed by atoms with Gasteiger partial charge in [0.05, 0.1) is 11.8 Å². The second kappa shape index (κ2) is 6.05. The number of anilines is 1. The van der Waals surface area contributed by atoms with Crippen LogP contribution in [-0.2, 0) is 15.0 Å². The third-order valence-corrected chi connectivity index (χ3v) is 1.21. The highest BCUT2D eigenvalue weighted by Gasteiger charge is 2.05. The Hall–Kier alpha value is -1.64. The van der Waals surface area contributed by atoms with Crippen molar-refractivity contribution in [3.8, 4) is 0 Å². The van der Waals surface area contributed by atoms with Crippen LogP contribution >= 0.6 is 0 Å². The van der Waals surface area contributed by atoms with E-state index in [2.05, 4.69) is 4.89 Å². The monoisotopic (exact) mass is 249 g/mol. The number of carbonyl (C=O) groups excluding carboxylic acids is 1. The van der Waals surface area contributed by atoms with E-state index in [-0.39, 0.29) is 5.56 Å². The lowest BCUT2D eigenvalue weighted by molar-refractivity contribution is -0.182. The molecule has 8 heteroatoms. The van der Waals surface area contributed by atoms with E-state index in [0.29, 0.717) is 11.9 Å². The highest BCUT2D eigenvalue weighted by Crippen LogP contribution is 2.06. The Balaban J connectivity index is 0.000000385. The van der Waals surface area contributed by atoms with Crippen molar-refractivity contribution in [2.45, 2.75) is 0 Å². The van der Waals surface area contributed by atoms with E-state index in [9.17, 15) is 13.2 Å². The fraction of sp³-hybridized carbons (Fsp3) is 0.125. The van der Waals surface area contributed by atoms with Gasteiger partial charge < -0.3 is 5.73 Å². The zero-order valence-electron chi connectivity index (χ0n) is 8.32. The van der Waals surface area contributed by atoms with Gasteiger partial charge in [0.2, 0.25) is 0 Å². The van der Waals surface area contributed by atoms with Crippen molar-refractivity contribution in [1.29, 1.82) is 0 Å². The van der Waals surface area contributed by atoms with Crippen LogP contribution in [-0.4, -0.2) is 30.5 Å². The molecule has 16 heavy (non-hydrogen) atoms. The number of rotatable bonds is 1. The molecule has 0 aliphatic rings. The maximum absolute atomic E-state index is 10.6. The number of nitrogens with two attached hydrogens (primary N) is 1. The van der Waals surface area contributed by atoms with Gasteiger partial charge in [0, 0.05) is 5.69 Å². The molecule has 7 nitrogen and oxygen atoms in total. The summed E-state index contributed by atoms with van der Waals surface area (Å²) in [5.41, 5.74) is 6.04. The van der Waals surface area contributed by atoms with Crippen molar-refractivity contribution in [3.05, 3.63) is 29.8 Å². The molecule has 0 bridgehead atoms. The minimum atomic E-state index is -3.67. The van der Waals surface area contributed by atoms with E-state index in [1.165, 1.54) is 12.1 Å². The Kier molecular flexibility index (Phi) is 5.43. The minimum Gasteiger partial charge on any atom is -0.399 e. The fourth-order valence-corrected chi connectivity index (χ4v) is 0.718. The molecule has 0 saturated heterocycles. The summed E-state index contributed by atoms with van der Waals surface area (Å²) in [4.78, 5) is 14.1. The third kappa shape index (κ3) is 7.74. The summed E-state index contributed by atoms with van der Waals surface area (Å²) in [7, 11) is -3.67. The summed E-state index contributed by atoms with van der Waals surface area (Å²) in [5, 5.41) is 7.99. The van der Waals surface area contributed by atoms with Crippen LogP contribution in [0.3, 0.4) is 0 Å². The van der Waals surface area contributed by atoms with E-state index in [4.69, 9.17) is 15.5 Å². The first kappa shape index (κ1) is 14.4. The fourth-order valence-electron chi connectivity index (χ4n) is 0.718.